The second kappa shape index (κ2) is 39.1. The zero-order valence-corrected chi connectivity index (χ0v) is 59.1. The highest BCUT2D eigenvalue weighted by atomic mass is 19.5. The van der Waals surface area contributed by atoms with Gasteiger partial charge in [-0.1, -0.05) is 163 Å². The van der Waals surface area contributed by atoms with E-state index in [0.29, 0.717) is 113 Å². The van der Waals surface area contributed by atoms with Crippen LogP contribution in [0.25, 0.3) is 43.8 Å². The van der Waals surface area contributed by atoms with Crippen molar-refractivity contribution in [3.8, 4) is 45.3 Å². The molecule has 1 aliphatic heterocycles. The minimum Gasteiger partial charge on any atom is -0.487 e. The Kier molecular flexibility index (Phi) is 30.0. The minimum absolute atomic E-state index is 0.0384. The molecule has 0 spiro atoms. The molecule has 2 aromatic heterocycles. The predicted molar refractivity (Wildman–Crippen MR) is 386 cm³/mol. The highest BCUT2D eigenvalue weighted by Crippen LogP contribution is 2.35. The summed E-state index contributed by atoms with van der Waals surface area (Å²) in [5, 5.41) is 4.34. The van der Waals surface area contributed by atoms with E-state index in [-0.39, 0.29) is 36.0 Å². The largest absolute Gasteiger partial charge is 0.673 e. The maximum atomic E-state index is 12.6. The van der Waals surface area contributed by atoms with Crippen LogP contribution < -0.4 is 28.1 Å². The highest BCUT2D eigenvalue weighted by Gasteiger charge is 2.22. The average molecular weight is 1440 g/mol. The van der Waals surface area contributed by atoms with Crippen LogP contribution in [0.15, 0.2) is 219 Å². The summed E-state index contributed by atoms with van der Waals surface area (Å²) >= 11 is 0. The first-order valence-electron chi connectivity index (χ1n) is 34.0. The van der Waals surface area contributed by atoms with E-state index >= 15 is 0 Å². The molecule has 0 bridgehead atoms. The normalized spacial score (nSPS) is 13.8. The van der Waals surface area contributed by atoms with Crippen LogP contribution in [0.5, 0.6) is 23.0 Å². The molecule has 0 amide bonds. The molecular weight excluding hydrogens is 1350 g/mol. The number of fused-ring (bicyclic) bond motifs is 4. The van der Waals surface area contributed by atoms with Crippen LogP contribution in [0.4, 0.5) is 34.5 Å². The molecule has 0 fully saturated rings. The molecule has 0 radical (unpaired) electrons. The Balaban J connectivity index is 0.000000240. The fourth-order valence-electron chi connectivity index (χ4n) is 10.4. The van der Waals surface area contributed by atoms with Gasteiger partial charge in [0.1, 0.15) is 39.6 Å². The number of aromatic nitrogens is 2. The number of nitrogens with zero attached hydrogens (tertiary/aromatic N) is 2. The highest BCUT2D eigenvalue weighted by molar-refractivity contribution is 6.50. The third-order valence-corrected chi connectivity index (χ3v) is 16.0. The lowest BCUT2D eigenvalue weighted by Gasteiger charge is -2.18. The number of aryl methyl sites for hydroxylation is 2. The van der Waals surface area contributed by atoms with Crippen molar-refractivity contribution >= 4 is 48.0 Å². The van der Waals surface area contributed by atoms with E-state index in [4.69, 9.17) is 47.4 Å². The zero-order chi connectivity index (χ0) is 74.5. The second-order valence-electron chi connectivity index (χ2n) is 26.0. The van der Waals surface area contributed by atoms with E-state index < -0.39 is 14.5 Å². The molecule has 8 aromatic carbocycles. The van der Waals surface area contributed by atoms with Crippen molar-refractivity contribution in [1.82, 2.24) is 0 Å². The van der Waals surface area contributed by atoms with Crippen molar-refractivity contribution in [2.45, 2.75) is 78.7 Å². The Hall–Kier alpha value is -9.87. The van der Waals surface area contributed by atoms with E-state index in [9.17, 15) is 44.1 Å². The number of halogens is 8. The van der Waals surface area contributed by atoms with Gasteiger partial charge in [0.25, 0.3) is 0 Å². The van der Waals surface area contributed by atoms with Crippen LogP contribution in [0.2, 0.25) is 0 Å². The van der Waals surface area contributed by atoms with Crippen molar-refractivity contribution in [1.29, 1.82) is 0 Å². The lowest BCUT2D eigenvalue weighted by atomic mass is 9.87. The molecule has 24 heteroatoms. The number of ether oxygens (including phenoxy) is 10. The Morgan fingerprint density at radius 1 is 0.346 bits per heavy atom. The lowest BCUT2D eigenvalue weighted by Crippen LogP contribution is -2.43. The molecule has 104 heavy (non-hydrogen) atoms. The van der Waals surface area contributed by atoms with Gasteiger partial charge in [0.05, 0.1) is 64.0 Å². The molecule has 14 nitrogen and oxygen atoms in total. The summed E-state index contributed by atoms with van der Waals surface area (Å²) in [7, 11) is -12.0. The number of carbonyl (C=O) groups excluding carboxylic acids is 2. The third-order valence-electron chi connectivity index (χ3n) is 16.0. The lowest BCUT2D eigenvalue weighted by molar-refractivity contribution is -0.778. The molecule has 0 saturated heterocycles. The van der Waals surface area contributed by atoms with Gasteiger partial charge in [-0.25, -0.2) is 9.59 Å². The molecule has 550 valence electrons. The van der Waals surface area contributed by atoms with Crippen LogP contribution >= 0.6 is 0 Å². The molecular formula is C80H86B2F8N2O12. The van der Waals surface area contributed by atoms with E-state index in [1.54, 1.807) is 0 Å². The van der Waals surface area contributed by atoms with Gasteiger partial charge >= 0.3 is 26.4 Å². The Morgan fingerprint density at radius 3 is 0.837 bits per heavy atom. The minimum atomic E-state index is -6.00. The quantitative estimate of drug-likeness (QED) is 0.0528. The van der Waals surface area contributed by atoms with E-state index in [0.717, 1.165) is 68.0 Å². The van der Waals surface area contributed by atoms with Crippen molar-refractivity contribution in [2.24, 2.45) is 0 Å². The van der Waals surface area contributed by atoms with E-state index in [1.807, 2.05) is 121 Å². The van der Waals surface area contributed by atoms with Crippen molar-refractivity contribution in [2.75, 3.05) is 79.3 Å². The molecule has 1 aliphatic rings. The molecule has 10 aromatic rings. The monoisotopic (exact) mass is 1440 g/mol. The first kappa shape index (κ1) is 79.8. The summed E-state index contributed by atoms with van der Waals surface area (Å²) in [6.07, 6.45) is 8.41. The fraction of sp³-hybridized carbons (Fsp3) is 0.300. The first-order chi connectivity index (χ1) is 49.7. The van der Waals surface area contributed by atoms with Crippen LogP contribution in [0.1, 0.15) is 84.5 Å². The summed E-state index contributed by atoms with van der Waals surface area (Å²) in [5.74, 6) is 2.09. The van der Waals surface area contributed by atoms with Crippen LogP contribution in [0.3, 0.4) is 0 Å². The summed E-state index contributed by atoms with van der Waals surface area (Å²) < 4.78 is 140. The standard InChI is InChI=1S/C48H50N2O4.C32H36O8.2BF4/c1-47(2,3)43-19-15-41(16-20-43)45(51)53-33-35-7-11-37(12-8-35)39-23-27-49(28-24-39)31-32-50-29-25-40(26-30-50)38-13-9-36(10-14-38)34-54-46(52)42-17-21-44(22-18-42)48(4,5)6;1-2-6-26-22-30-29(21-25(26)5-1)37-17-13-33-9-10-35-15-19-39-31-23-27-7-3-4-8-28(27)24-32(31)40-20-16-36-12-11-34-14-18-38-30;2*2-1(3,4)5/h7-30H,31-34H2,1-6H3;1-8,21-24H,9-20H2;;/q+2;;2*-1. The van der Waals surface area contributed by atoms with Gasteiger partial charge in [-0.3, -0.25) is 0 Å². The number of rotatable bonds is 11. The SMILES string of the molecule is CC(C)(C)c1ccc(C(=O)OCc2ccc(-c3cc[n+](CC[n+]4ccc(-c5ccc(COC(=O)c6ccc(C(C)(C)C)cc6)cc5)cc4)cc3)cc2)cc1.F[B-](F)(F)F.F[B-](F)(F)F.c1ccc2cc3c(cc2c1)OCCOCCOCCOc1cc2ccccc2cc1OCCOCCOCCO3. The maximum absolute atomic E-state index is 12.6. The van der Waals surface area contributed by atoms with Crippen molar-refractivity contribution in [3.63, 3.8) is 0 Å². The van der Waals surface area contributed by atoms with Gasteiger partial charge in [-0.2, -0.15) is 9.13 Å². The molecule has 0 unspecified atom stereocenters. The number of hydrogen-bond donors (Lipinski definition) is 0. The Labute approximate surface area is 601 Å². The molecule has 0 aliphatic carbocycles. The first-order valence-corrected chi connectivity index (χ1v) is 34.0. The number of esters is 2. The molecule has 0 N–H and O–H groups in total. The summed E-state index contributed by atoms with van der Waals surface area (Å²) in [4.78, 5) is 25.2. The zero-order valence-electron chi connectivity index (χ0n) is 59.1. The van der Waals surface area contributed by atoms with Crippen LogP contribution in [-0.2, 0) is 65.6 Å². The number of carbonyl (C=O) groups is 2. The number of hydrogen-bond acceptors (Lipinski definition) is 12. The molecule has 0 atom stereocenters. The predicted octanol–water partition coefficient (Wildman–Crippen LogP) is 17.5. The second-order valence-corrected chi connectivity index (χ2v) is 26.0. The molecule has 0 saturated carbocycles. The van der Waals surface area contributed by atoms with Gasteiger partial charge < -0.3 is 81.9 Å². The van der Waals surface area contributed by atoms with Gasteiger partial charge in [0.2, 0.25) is 13.1 Å². The third kappa shape index (κ3) is 28.1. The summed E-state index contributed by atoms with van der Waals surface area (Å²) in [6.45, 7) is 20.2. The fourth-order valence-corrected chi connectivity index (χ4v) is 10.4. The van der Waals surface area contributed by atoms with Crippen LogP contribution in [-0.4, -0.2) is 106 Å². The van der Waals surface area contributed by atoms with Crippen LogP contribution in [0, 0.1) is 0 Å². The topological polar surface area (TPSA) is 134 Å². The van der Waals surface area contributed by atoms with Gasteiger partial charge in [0.15, 0.2) is 47.8 Å². The van der Waals surface area contributed by atoms with E-state index in [1.165, 1.54) is 11.1 Å². The number of pyridine rings is 2. The maximum Gasteiger partial charge on any atom is 0.673 e. The average Bonchev–Trinajstić information content (AvgIpc) is 0.835. The van der Waals surface area contributed by atoms with Gasteiger partial charge in [-0.05, 0) is 125 Å². The van der Waals surface area contributed by atoms with Crippen molar-refractivity contribution in [3.05, 3.63) is 252 Å². The Morgan fingerprint density at radius 2 is 0.587 bits per heavy atom. The van der Waals surface area contributed by atoms with Gasteiger partial charge in [0, 0.05) is 24.3 Å². The summed E-state index contributed by atoms with van der Waals surface area (Å²) in [6, 6.07) is 64.3. The Bertz CT molecular complexity index is 3890. The molecule has 3 heterocycles. The van der Waals surface area contributed by atoms with Gasteiger partial charge in [-0.15, -0.1) is 0 Å². The van der Waals surface area contributed by atoms with Crippen molar-refractivity contribution < 1.29 is 101 Å². The summed E-state index contributed by atoms with van der Waals surface area (Å²) in [5.41, 5.74) is 9.92. The smallest absolute Gasteiger partial charge is 0.487 e. The van der Waals surface area contributed by atoms with E-state index in [2.05, 4.69) is 148 Å². The number of benzene rings is 8. The molecule has 11 rings (SSSR count).